The number of carbonyl (C=O) groups is 2. The van der Waals surface area contributed by atoms with Crippen LogP contribution >= 0.6 is 0 Å². The van der Waals surface area contributed by atoms with Gasteiger partial charge in [0.2, 0.25) is 0 Å². The molecule has 0 bridgehead atoms. The van der Waals surface area contributed by atoms with Crippen molar-refractivity contribution in [3.05, 3.63) is 29.8 Å². The molecule has 14 heavy (non-hydrogen) atoms. The van der Waals surface area contributed by atoms with Crippen LogP contribution in [0.15, 0.2) is 24.3 Å². The van der Waals surface area contributed by atoms with Crippen molar-refractivity contribution in [3.8, 4) is 5.75 Å². The van der Waals surface area contributed by atoms with E-state index >= 15 is 0 Å². The Morgan fingerprint density at radius 2 is 2.07 bits per heavy atom. The van der Waals surface area contributed by atoms with Crippen molar-refractivity contribution in [1.82, 2.24) is 0 Å². The van der Waals surface area contributed by atoms with Crippen molar-refractivity contribution in [2.75, 3.05) is 6.54 Å². The molecular formula is C9H9CuNO3. The third kappa shape index (κ3) is 3.30. The third-order valence-corrected chi connectivity index (χ3v) is 1.44. The summed E-state index contributed by atoms with van der Waals surface area (Å²) >= 11 is 0. The van der Waals surface area contributed by atoms with Crippen molar-refractivity contribution in [1.29, 1.82) is 0 Å². The van der Waals surface area contributed by atoms with Gasteiger partial charge in [0.1, 0.15) is 5.75 Å². The molecule has 1 rings (SSSR count). The van der Waals surface area contributed by atoms with E-state index < -0.39 is 5.97 Å². The first kappa shape index (κ1) is 12.8. The van der Waals surface area contributed by atoms with Crippen LogP contribution in [0.25, 0.3) is 0 Å². The minimum absolute atomic E-state index is 0. The molecule has 0 unspecified atom stereocenters. The zero-order chi connectivity index (χ0) is 9.68. The van der Waals surface area contributed by atoms with Gasteiger partial charge in [0.15, 0.2) is 6.29 Å². The molecule has 2 N–H and O–H groups in total. The van der Waals surface area contributed by atoms with Crippen LogP contribution in [-0.2, 0) is 21.9 Å². The molecule has 0 aliphatic carbocycles. The zero-order valence-electron chi connectivity index (χ0n) is 7.20. The monoisotopic (exact) mass is 242 g/mol. The summed E-state index contributed by atoms with van der Waals surface area (Å²) in [6, 6.07) is 6.46. The fourth-order valence-corrected chi connectivity index (χ4v) is 0.835. The molecule has 0 atom stereocenters. The zero-order valence-corrected chi connectivity index (χ0v) is 8.14. The molecule has 0 aliphatic rings. The summed E-state index contributed by atoms with van der Waals surface area (Å²) in [7, 11) is 0. The second-order valence-electron chi connectivity index (χ2n) is 2.33. The van der Waals surface area contributed by atoms with E-state index in [1.807, 2.05) is 0 Å². The predicted octanol–water partition coefficient (Wildman–Crippen LogP) is 0.361. The number of para-hydroxylation sites is 1. The summed E-state index contributed by atoms with van der Waals surface area (Å²) in [5.74, 6) is -0.317. The number of ether oxygens (including phenoxy) is 1. The van der Waals surface area contributed by atoms with Crippen LogP contribution < -0.4 is 10.5 Å². The van der Waals surface area contributed by atoms with Crippen LogP contribution in [0.3, 0.4) is 0 Å². The molecule has 0 spiro atoms. The molecule has 1 radical (unpaired) electrons. The molecule has 5 heteroatoms. The van der Waals surface area contributed by atoms with E-state index in [1.54, 1.807) is 18.2 Å². The average molecular weight is 243 g/mol. The van der Waals surface area contributed by atoms with Gasteiger partial charge in [-0.2, -0.15) is 0 Å². The summed E-state index contributed by atoms with van der Waals surface area (Å²) < 4.78 is 4.79. The van der Waals surface area contributed by atoms with E-state index in [4.69, 9.17) is 10.5 Å². The second kappa shape index (κ2) is 6.32. The van der Waals surface area contributed by atoms with Crippen LogP contribution in [0.2, 0.25) is 0 Å². The standard InChI is InChI=1S/C9H9NO3.Cu/c10-5-9(12)13-8-4-2-1-3-7(8)6-11;/h1-4,6H,5,10H2;. The number of hydrogen-bond donors (Lipinski definition) is 1. The summed E-state index contributed by atoms with van der Waals surface area (Å²) in [6.45, 7) is -0.201. The van der Waals surface area contributed by atoms with Crippen LogP contribution in [-0.4, -0.2) is 18.8 Å². The molecule has 0 aromatic heterocycles. The maximum Gasteiger partial charge on any atom is 0.325 e. The predicted molar refractivity (Wildman–Crippen MR) is 46.5 cm³/mol. The summed E-state index contributed by atoms with van der Waals surface area (Å²) in [6.07, 6.45) is 0.624. The number of hydrogen-bond acceptors (Lipinski definition) is 4. The molecule has 0 amide bonds. The molecule has 0 saturated heterocycles. The Hall–Kier alpha value is -1.16. The smallest absolute Gasteiger partial charge is 0.325 e. The SMILES string of the molecule is NCC(=O)Oc1ccccc1C=O.[Cu]. The van der Waals surface area contributed by atoms with Gasteiger partial charge in [0.05, 0.1) is 12.1 Å². The van der Waals surface area contributed by atoms with Crippen molar-refractivity contribution in [2.45, 2.75) is 0 Å². The Labute approximate surface area is 91.9 Å². The Kier molecular flexibility index (Phi) is 5.79. The summed E-state index contributed by atoms with van der Waals surface area (Å²) in [4.78, 5) is 21.3. The molecule has 4 nitrogen and oxygen atoms in total. The van der Waals surface area contributed by atoms with Gasteiger partial charge in [-0.1, -0.05) is 12.1 Å². The van der Waals surface area contributed by atoms with Gasteiger partial charge in [-0.15, -0.1) is 0 Å². The fourth-order valence-electron chi connectivity index (χ4n) is 0.835. The van der Waals surface area contributed by atoms with E-state index in [0.29, 0.717) is 11.8 Å². The molecule has 79 valence electrons. The number of nitrogens with two attached hydrogens (primary N) is 1. The number of aldehydes is 1. The third-order valence-electron chi connectivity index (χ3n) is 1.44. The molecule has 0 heterocycles. The first-order chi connectivity index (χ1) is 6.27. The molecule has 0 aliphatic heterocycles. The number of benzene rings is 1. The van der Waals surface area contributed by atoms with E-state index in [2.05, 4.69) is 0 Å². The van der Waals surface area contributed by atoms with Gasteiger partial charge in [-0.3, -0.25) is 9.59 Å². The van der Waals surface area contributed by atoms with Gasteiger partial charge >= 0.3 is 5.97 Å². The molecule has 1 aromatic rings. The van der Waals surface area contributed by atoms with Crippen molar-refractivity contribution in [2.24, 2.45) is 5.73 Å². The minimum Gasteiger partial charge on any atom is -0.425 e. The Bertz CT molecular complexity index is 328. The van der Waals surface area contributed by atoms with E-state index in [-0.39, 0.29) is 29.4 Å². The van der Waals surface area contributed by atoms with E-state index in [1.165, 1.54) is 6.07 Å². The van der Waals surface area contributed by atoms with Crippen LogP contribution in [0.5, 0.6) is 5.75 Å². The van der Waals surface area contributed by atoms with Gasteiger partial charge in [0, 0.05) is 17.1 Å². The fraction of sp³-hybridized carbons (Fsp3) is 0.111. The van der Waals surface area contributed by atoms with Crippen molar-refractivity contribution in [3.63, 3.8) is 0 Å². The Morgan fingerprint density at radius 3 is 2.64 bits per heavy atom. The molecule has 0 saturated carbocycles. The second-order valence-corrected chi connectivity index (χ2v) is 2.33. The van der Waals surface area contributed by atoms with E-state index in [0.717, 1.165) is 0 Å². The van der Waals surface area contributed by atoms with E-state index in [9.17, 15) is 9.59 Å². The average Bonchev–Trinajstić information content (AvgIpc) is 2.18. The van der Waals surface area contributed by atoms with Crippen molar-refractivity contribution < 1.29 is 31.4 Å². The van der Waals surface area contributed by atoms with Crippen molar-refractivity contribution >= 4 is 12.3 Å². The van der Waals surface area contributed by atoms with Gasteiger partial charge in [-0.25, -0.2) is 0 Å². The van der Waals surface area contributed by atoms with Crippen LogP contribution in [0.4, 0.5) is 0 Å². The van der Waals surface area contributed by atoms with Crippen LogP contribution in [0, 0.1) is 0 Å². The van der Waals surface area contributed by atoms with Crippen LogP contribution in [0.1, 0.15) is 10.4 Å². The van der Waals surface area contributed by atoms with Gasteiger partial charge in [-0.05, 0) is 12.1 Å². The first-order valence-electron chi connectivity index (χ1n) is 3.73. The number of carbonyl (C=O) groups excluding carboxylic acids is 2. The first-order valence-corrected chi connectivity index (χ1v) is 3.73. The maximum atomic E-state index is 10.8. The molecule has 1 aromatic carbocycles. The Morgan fingerprint density at radius 1 is 1.43 bits per heavy atom. The number of rotatable bonds is 3. The maximum absolute atomic E-state index is 10.8. The quantitative estimate of drug-likeness (QED) is 0.360. The number of esters is 1. The normalized spacial score (nSPS) is 8.64. The molecule has 0 fully saturated rings. The largest absolute Gasteiger partial charge is 0.425 e. The topological polar surface area (TPSA) is 69.4 Å². The van der Waals surface area contributed by atoms with Gasteiger partial charge in [0.25, 0.3) is 0 Å². The van der Waals surface area contributed by atoms with Gasteiger partial charge < -0.3 is 10.5 Å². The minimum atomic E-state index is -0.561. The Balaban J connectivity index is 0.00000169. The summed E-state index contributed by atoms with van der Waals surface area (Å²) in [5.41, 5.74) is 5.39. The molecular weight excluding hydrogens is 234 g/mol. The summed E-state index contributed by atoms with van der Waals surface area (Å²) in [5, 5.41) is 0.